The Bertz CT molecular complexity index is 437. The number of hydrogen-bond acceptors (Lipinski definition) is 6. The number of hydrogen-bond donors (Lipinski definition) is 1. The lowest BCUT2D eigenvalue weighted by molar-refractivity contribution is -0.165. The fourth-order valence-electron chi connectivity index (χ4n) is 2.26. The van der Waals surface area contributed by atoms with Crippen LogP contribution in [-0.4, -0.2) is 50.2 Å². The second-order valence-corrected chi connectivity index (χ2v) is 6.14. The summed E-state index contributed by atoms with van der Waals surface area (Å²) in [6, 6.07) is -0.597. The molecule has 2 aliphatic rings. The zero-order valence-electron chi connectivity index (χ0n) is 10.4. The largest absolute Gasteiger partial charge is 0.417 e. The van der Waals surface area contributed by atoms with Gasteiger partial charge in [0.15, 0.2) is 5.05 Å². The van der Waals surface area contributed by atoms with E-state index in [0.29, 0.717) is 12.2 Å². The van der Waals surface area contributed by atoms with Crippen LogP contribution >= 0.6 is 24.0 Å². The molecule has 0 radical (unpaired) electrons. The number of amides is 1. The van der Waals surface area contributed by atoms with E-state index in [-0.39, 0.29) is 16.3 Å². The fraction of sp³-hybridized carbons (Fsp3) is 0.583. The van der Waals surface area contributed by atoms with Crippen LogP contribution in [0.1, 0.15) is 13.3 Å². The van der Waals surface area contributed by atoms with Gasteiger partial charge in [-0.3, -0.25) is 4.79 Å². The Morgan fingerprint density at radius 1 is 1.79 bits per heavy atom. The van der Waals surface area contributed by atoms with Crippen LogP contribution in [0, 0.1) is 5.92 Å². The Morgan fingerprint density at radius 2 is 2.47 bits per heavy atom. The maximum Gasteiger partial charge on any atom is 0.335 e. The summed E-state index contributed by atoms with van der Waals surface area (Å²) in [5, 5.41) is 9.55. The van der Waals surface area contributed by atoms with E-state index in [9.17, 15) is 14.7 Å². The summed E-state index contributed by atoms with van der Waals surface area (Å²) in [6.07, 6.45) is 1.19. The molecule has 7 heteroatoms. The normalized spacial score (nSPS) is 30.3. The average molecular weight is 301 g/mol. The van der Waals surface area contributed by atoms with Crippen molar-refractivity contribution in [1.82, 2.24) is 4.90 Å². The van der Waals surface area contributed by atoms with Gasteiger partial charge in [0, 0.05) is 12.2 Å². The number of carbonyl (C=O) groups is 2. The van der Waals surface area contributed by atoms with Gasteiger partial charge in [0.2, 0.25) is 5.91 Å². The van der Waals surface area contributed by atoms with Crippen LogP contribution < -0.4 is 0 Å². The number of rotatable bonds is 4. The van der Waals surface area contributed by atoms with E-state index in [1.165, 1.54) is 16.7 Å². The minimum atomic E-state index is -0.696. The number of β-lactam (4-membered cyclic amide) rings is 1. The zero-order chi connectivity index (χ0) is 14.2. The monoisotopic (exact) mass is 301 g/mol. The van der Waals surface area contributed by atoms with Gasteiger partial charge >= 0.3 is 5.97 Å². The van der Waals surface area contributed by atoms with E-state index < -0.39 is 24.0 Å². The molecule has 0 saturated carbocycles. The zero-order valence-corrected chi connectivity index (χ0v) is 12.1. The van der Waals surface area contributed by atoms with Crippen LogP contribution in [0.25, 0.3) is 0 Å². The molecule has 2 saturated heterocycles. The number of thiocarbonyl (C=S) groups is 1. The molecular formula is C12H15NO4S2. The van der Waals surface area contributed by atoms with Gasteiger partial charge in [0.05, 0.1) is 17.4 Å². The van der Waals surface area contributed by atoms with Crippen molar-refractivity contribution < 1.29 is 19.4 Å². The molecule has 5 nitrogen and oxygen atoms in total. The number of thioether (sulfide) groups is 1. The minimum absolute atomic E-state index is 0.127. The predicted molar refractivity (Wildman–Crippen MR) is 75.6 cm³/mol. The van der Waals surface area contributed by atoms with Crippen LogP contribution in [0.5, 0.6) is 0 Å². The summed E-state index contributed by atoms with van der Waals surface area (Å²) in [7, 11) is 0. The van der Waals surface area contributed by atoms with Crippen molar-refractivity contribution in [2.45, 2.75) is 30.9 Å². The lowest BCUT2D eigenvalue weighted by Crippen LogP contribution is -2.64. The van der Waals surface area contributed by atoms with Crippen LogP contribution in [0.3, 0.4) is 0 Å². The molecule has 2 rings (SSSR count). The molecule has 0 aromatic heterocycles. The highest BCUT2D eigenvalue weighted by Crippen LogP contribution is 2.45. The van der Waals surface area contributed by atoms with Crippen LogP contribution in [-0.2, 0) is 14.3 Å². The molecule has 4 atom stereocenters. The van der Waals surface area contributed by atoms with Crippen LogP contribution in [0.15, 0.2) is 12.7 Å². The number of nitrogens with zero attached hydrogens (tertiary/aromatic N) is 1. The van der Waals surface area contributed by atoms with Crippen molar-refractivity contribution in [2.75, 3.05) is 5.75 Å². The first kappa shape index (κ1) is 14.5. The number of ether oxygens (including phenoxy) is 1. The maximum atomic E-state index is 11.9. The second kappa shape index (κ2) is 5.60. The lowest BCUT2D eigenvalue weighted by atomic mass is 9.91. The highest BCUT2D eigenvalue weighted by molar-refractivity contribution is 8.00. The van der Waals surface area contributed by atoms with Crippen LogP contribution in [0.4, 0.5) is 0 Å². The van der Waals surface area contributed by atoms with Crippen molar-refractivity contribution >= 4 is 40.9 Å². The summed E-state index contributed by atoms with van der Waals surface area (Å²) < 4.78 is 5.02. The first-order valence-corrected chi connectivity index (χ1v) is 7.40. The number of carbonyl (C=O) groups excluding carboxylic acids is 2. The van der Waals surface area contributed by atoms with E-state index >= 15 is 0 Å². The molecule has 2 fully saturated rings. The average Bonchev–Trinajstić information content (AvgIpc) is 2.67. The molecule has 104 valence electrons. The van der Waals surface area contributed by atoms with Crippen molar-refractivity contribution in [3.63, 3.8) is 0 Å². The molecule has 0 aromatic rings. The summed E-state index contributed by atoms with van der Waals surface area (Å²) in [6.45, 7) is 5.10. The first-order valence-electron chi connectivity index (χ1n) is 5.94. The number of esters is 1. The van der Waals surface area contributed by atoms with Gasteiger partial charge in [0.25, 0.3) is 0 Å². The predicted octanol–water partition coefficient (Wildman–Crippen LogP) is 0.714. The van der Waals surface area contributed by atoms with E-state index in [1.54, 1.807) is 13.0 Å². The molecule has 0 bridgehead atoms. The SMILES string of the molecule is C=CCC(=S)OC(=O)C1CS[C@@H]2[C@@H](C(C)O)C(=O)N12. The molecular weight excluding hydrogens is 286 g/mol. The summed E-state index contributed by atoms with van der Waals surface area (Å²) in [4.78, 5) is 25.3. The van der Waals surface area contributed by atoms with Crippen molar-refractivity contribution in [2.24, 2.45) is 5.92 Å². The molecule has 19 heavy (non-hydrogen) atoms. The smallest absolute Gasteiger partial charge is 0.335 e. The number of fused-ring (bicyclic) bond motifs is 1. The van der Waals surface area contributed by atoms with Crippen molar-refractivity contribution in [1.29, 1.82) is 0 Å². The van der Waals surface area contributed by atoms with E-state index in [1.807, 2.05) is 0 Å². The van der Waals surface area contributed by atoms with Crippen LogP contribution in [0.2, 0.25) is 0 Å². The van der Waals surface area contributed by atoms with Gasteiger partial charge in [-0.05, 0) is 19.1 Å². The molecule has 2 unspecified atom stereocenters. The third-order valence-corrected chi connectivity index (χ3v) is 4.82. The lowest BCUT2D eigenvalue weighted by Gasteiger charge is -2.44. The van der Waals surface area contributed by atoms with E-state index in [2.05, 4.69) is 6.58 Å². The third kappa shape index (κ3) is 2.54. The molecule has 1 amide bonds. The van der Waals surface area contributed by atoms with Gasteiger partial charge in [-0.2, -0.15) is 0 Å². The highest BCUT2D eigenvalue weighted by atomic mass is 32.2. The molecule has 2 aliphatic heterocycles. The van der Waals surface area contributed by atoms with Crippen molar-refractivity contribution in [3.05, 3.63) is 12.7 Å². The number of aliphatic hydroxyl groups is 1. The van der Waals surface area contributed by atoms with Gasteiger partial charge in [0.1, 0.15) is 6.04 Å². The second-order valence-electron chi connectivity index (χ2n) is 4.54. The molecule has 0 spiro atoms. The van der Waals surface area contributed by atoms with E-state index in [4.69, 9.17) is 17.0 Å². The molecule has 0 aromatic carbocycles. The Hall–Kier alpha value is -0.920. The minimum Gasteiger partial charge on any atom is -0.417 e. The Kier molecular flexibility index (Phi) is 4.27. The van der Waals surface area contributed by atoms with Crippen molar-refractivity contribution in [3.8, 4) is 0 Å². The topological polar surface area (TPSA) is 66.8 Å². The quantitative estimate of drug-likeness (QED) is 0.357. The highest BCUT2D eigenvalue weighted by Gasteiger charge is 2.58. The first-order chi connectivity index (χ1) is 8.97. The third-order valence-electron chi connectivity index (χ3n) is 3.20. The molecule has 1 N–H and O–H groups in total. The fourth-order valence-corrected chi connectivity index (χ4v) is 4.10. The Labute approximate surface area is 121 Å². The Morgan fingerprint density at radius 3 is 3.05 bits per heavy atom. The van der Waals surface area contributed by atoms with E-state index in [0.717, 1.165) is 0 Å². The maximum absolute atomic E-state index is 11.9. The standard InChI is InChI=1S/C12H15NO4S2/c1-3-4-8(18)17-12(16)7-5-19-11-9(6(2)14)10(15)13(7)11/h3,6-7,9,11,14H,1,4-5H2,2H3/t6?,7?,9-,11+/m0/s1. The van der Waals surface area contributed by atoms with Gasteiger partial charge in [-0.15, -0.1) is 18.3 Å². The summed E-state index contributed by atoms with van der Waals surface area (Å²) in [5.74, 6) is -0.626. The Balaban J connectivity index is 1.98. The van der Waals surface area contributed by atoms with Gasteiger partial charge in [-0.1, -0.05) is 6.08 Å². The molecule has 0 aliphatic carbocycles. The number of aliphatic hydroxyl groups excluding tert-OH is 1. The summed E-state index contributed by atoms with van der Waals surface area (Å²) >= 11 is 6.37. The van der Waals surface area contributed by atoms with Gasteiger partial charge < -0.3 is 14.7 Å². The van der Waals surface area contributed by atoms with Gasteiger partial charge in [-0.25, -0.2) is 4.79 Å². The molecule has 2 heterocycles. The summed E-state index contributed by atoms with van der Waals surface area (Å²) in [5.41, 5.74) is 0.